The van der Waals surface area contributed by atoms with Crippen LogP contribution in [0.5, 0.6) is 0 Å². The van der Waals surface area contributed by atoms with Crippen LogP contribution in [0.15, 0.2) is 35.7 Å². The van der Waals surface area contributed by atoms with Crippen LogP contribution in [-0.2, 0) is 4.79 Å². The maximum atomic E-state index is 12.7. The Labute approximate surface area is 154 Å². The molecule has 0 aliphatic carbocycles. The number of benzene rings is 1. The maximum absolute atomic E-state index is 12.7. The van der Waals surface area contributed by atoms with E-state index in [-0.39, 0.29) is 34.4 Å². The molecule has 1 aliphatic heterocycles. The van der Waals surface area contributed by atoms with Crippen LogP contribution in [0.1, 0.15) is 30.7 Å². The Kier molecular flexibility index (Phi) is 5.36. The largest absolute Gasteiger partial charge is 0.323 e. The Morgan fingerprint density at radius 3 is 2.96 bits per heavy atom. The molecule has 1 amide bonds. The van der Waals surface area contributed by atoms with Crippen LogP contribution < -0.4 is 5.32 Å². The topological polar surface area (TPSA) is 75.5 Å². The van der Waals surface area contributed by atoms with Gasteiger partial charge in [0, 0.05) is 23.1 Å². The molecule has 0 radical (unpaired) electrons. The van der Waals surface area contributed by atoms with E-state index in [1.54, 1.807) is 11.3 Å². The highest BCUT2D eigenvalue weighted by atomic mass is 35.5. The number of anilines is 1. The summed E-state index contributed by atoms with van der Waals surface area (Å²) >= 11 is 7.77. The highest BCUT2D eigenvalue weighted by Crippen LogP contribution is 2.36. The number of thiophene rings is 1. The van der Waals surface area contributed by atoms with Gasteiger partial charge in [-0.25, -0.2) is 0 Å². The van der Waals surface area contributed by atoms with Crippen molar-refractivity contribution < 1.29 is 9.72 Å². The highest BCUT2D eigenvalue weighted by Gasteiger charge is 2.33. The van der Waals surface area contributed by atoms with Crippen LogP contribution in [0.4, 0.5) is 11.4 Å². The standard InChI is InChI=1S/C17H18ClN3O3S/c1-11(20-8-2-4-15(20)16-5-3-9-25-16)17(22)19-14-10-12(21(23)24)6-7-13(14)18/h3,5-7,9-11,15H,2,4,8H2,1H3,(H,19,22)/t11-,15+/m1/s1. The zero-order valence-electron chi connectivity index (χ0n) is 13.6. The molecule has 132 valence electrons. The molecule has 25 heavy (non-hydrogen) atoms. The van der Waals surface area contributed by atoms with Gasteiger partial charge >= 0.3 is 0 Å². The number of hydrogen-bond donors (Lipinski definition) is 1. The van der Waals surface area contributed by atoms with Gasteiger partial charge in [-0.3, -0.25) is 19.8 Å². The maximum Gasteiger partial charge on any atom is 0.271 e. The summed E-state index contributed by atoms with van der Waals surface area (Å²) in [5.41, 5.74) is 0.157. The van der Waals surface area contributed by atoms with Gasteiger partial charge in [0.2, 0.25) is 5.91 Å². The third-order valence-electron chi connectivity index (χ3n) is 4.46. The number of nitrogens with one attached hydrogen (secondary N) is 1. The van der Waals surface area contributed by atoms with Crippen molar-refractivity contribution in [2.45, 2.75) is 31.8 Å². The summed E-state index contributed by atoms with van der Waals surface area (Å²) in [7, 11) is 0. The smallest absolute Gasteiger partial charge is 0.271 e. The van der Waals surface area contributed by atoms with Crippen LogP contribution in [0.25, 0.3) is 0 Å². The van der Waals surface area contributed by atoms with E-state index in [9.17, 15) is 14.9 Å². The number of halogens is 1. The zero-order chi connectivity index (χ0) is 18.0. The van der Waals surface area contributed by atoms with Gasteiger partial charge in [-0.15, -0.1) is 11.3 Å². The predicted octanol–water partition coefficient (Wildman–Crippen LogP) is 4.47. The molecule has 1 N–H and O–H groups in total. The number of non-ortho nitro benzene ring substituents is 1. The summed E-state index contributed by atoms with van der Waals surface area (Å²) in [5, 5.41) is 16.0. The number of nitrogens with zero attached hydrogens (tertiary/aromatic N) is 2. The molecule has 2 aromatic rings. The summed E-state index contributed by atoms with van der Waals surface area (Å²) in [4.78, 5) is 26.5. The second-order valence-electron chi connectivity index (χ2n) is 6.00. The first-order valence-corrected chi connectivity index (χ1v) is 9.27. The van der Waals surface area contributed by atoms with Crippen molar-refractivity contribution in [2.24, 2.45) is 0 Å². The average molecular weight is 380 g/mol. The van der Waals surface area contributed by atoms with Crippen molar-refractivity contribution in [3.63, 3.8) is 0 Å². The van der Waals surface area contributed by atoms with Crippen molar-refractivity contribution in [2.75, 3.05) is 11.9 Å². The van der Waals surface area contributed by atoms with Crippen molar-refractivity contribution >= 4 is 40.2 Å². The summed E-state index contributed by atoms with van der Waals surface area (Å²) in [6, 6.07) is 8.01. The van der Waals surface area contributed by atoms with E-state index in [4.69, 9.17) is 11.6 Å². The monoisotopic (exact) mass is 379 g/mol. The van der Waals surface area contributed by atoms with Crippen LogP contribution in [0.3, 0.4) is 0 Å². The normalized spacial score (nSPS) is 18.9. The molecular weight excluding hydrogens is 362 g/mol. The minimum absolute atomic E-state index is 0.106. The molecule has 6 nitrogen and oxygen atoms in total. The summed E-state index contributed by atoms with van der Waals surface area (Å²) in [6.45, 7) is 2.70. The van der Waals surface area contributed by atoms with Gasteiger partial charge in [0.1, 0.15) is 0 Å². The van der Waals surface area contributed by atoms with Crippen LogP contribution >= 0.6 is 22.9 Å². The lowest BCUT2D eigenvalue weighted by atomic mass is 10.1. The zero-order valence-corrected chi connectivity index (χ0v) is 15.2. The first-order chi connectivity index (χ1) is 12.0. The number of hydrogen-bond acceptors (Lipinski definition) is 5. The number of nitro benzene ring substituents is 1. The molecule has 1 fully saturated rings. The van der Waals surface area contributed by atoms with Gasteiger partial charge in [-0.1, -0.05) is 17.7 Å². The van der Waals surface area contributed by atoms with Gasteiger partial charge in [-0.05, 0) is 43.8 Å². The van der Waals surface area contributed by atoms with Crippen molar-refractivity contribution in [3.8, 4) is 0 Å². The van der Waals surface area contributed by atoms with Gasteiger partial charge in [0.25, 0.3) is 5.69 Å². The van der Waals surface area contributed by atoms with Gasteiger partial charge in [0.15, 0.2) is 0 Å². The molecule has 3 rings (SSSR count). The number of carbonyl (C=O) groups excluding carboxylic acids is 1. The van der Waals surface area contributed by atoms with Gasteiger partial charge < -0.3 is 5.32 Å². The first-order valence-electron chi connectivity index (χ1n) is 8.01. The third kappa shape index (κ3) is 3.84. The van der Waals surface area contributed by atoms with E-state index in [1.807, 2.05) is 18.4 Å². The summed E-state index contributed by atoms with van der Waals surface area (Å²) < 4.78 is 0. The number of nitro groups is 1. The van der Waals surface area contributed by atoms with E-state index >= 15 is 0 Å². The average Bonchev–Trinajstić information content (AvgIpc) is 3.26. The molecular formula is C17H18ClN3O3S. The molecule has 0 spiro atoms. The van der Waals surface area contributed by atoms with E-state index in [0.29, 0.717) is 0 Å². The number of amides is 1. The minimum Gasteiger partial charge on any atom is -0.323 e. The Morgan fingerprint density at radius 1 is 1.48 bits per heavy atom. The third-order valence-corrected chi connectivity index (χ3v) is 5.76. The summed E-state index contributed by atoms with van der Waals surface area (Å²) in [5.74, 6) is -0.217. The molecule has 0 saturated carbocycles. The highest BCUT2D eigenvalue weighted by molar-refractivity contribution is 7.10. The van der Waals surface area contributed by atoms with Crippen molar-refractivity contribution in [1.82, 2.24) is 4.90 Å². The minimum atomic E-state index is -0.511. The molecule has 1 aromatic carbocycles. The lowest BCUT2D eigenvalue weighted by molar-refractivity contribution is -0.384. The molecule has 8 heteroatoms. The van der Waals surface area contributed by atoms with E-state index in [0.717, 1.165) is 19.4 Å². The fourth-order valence-corrected chi connectivity index (χ4v) is 4.20. The van der Waals surface area contributed by atoms with E-state index < -0.39 is 4.92 Å². The van der Waals surface area contributed by atoms with Gasteiger partial charge in [0.05, 0.1) is 21.7 Å². The Hall–Kier alpha value is -1.96. The predicted molar refractivity (Wildman–Crippen MR) is 99.2 cm³/mol. The molecule has 0 unspecified atom stereocenters. The molecule has 2 heterocycles. The quantitative estimate of drug-likeness (QED) is 0.614. The summed E-state index contributed by atoms with van der Waals surface area (Å²) in [6.07, 6.45) is 2.06. The van der Waals surface area contributed by atoms with E-state index in [1.165, 1.54) is 23.1 Å². The molecule has 1 aliphatic rings. The number of rotatable bonds is 5. The van der Waals surface area contributed by atoms with E-state index in [2.05, 4.69) is 16.3 Å². The second kappa shape index (κ2) is 7.51. The fourth-order valence-electron chi connectivity index (χ4n) is 3.15. The number of likely N-dealkylation sites (tertiary alicyclic amines) is 1. The SMILES string of the molecule is C[C@H](C(=O)Nc1cc([N+](=O)[O-])ccc1Cl)N1CCC[C@H]1c1cccs1. The Bertz CT molecular complexity index is 781. The fraction of sp³-hybridized carbons (Fsp3) is 0.353. The molecule has 1 aromatic heterocycles. The van der Waals surface area contributed by atoms with Gasteiger partial charge in [-0.2, -0.15) is 0 Å². The Morgan fingerprint density at radius 2 is 2.28 bits per heavy atom. The van der Waals surface area contributed by atoms with Crippen LogP contribution in [0.2, 0.25) is 5.02 Å². The Balaban J connectivity index is 1.75. The van der Waals surface area contributed by atoms with Crippen molar-refractivity contribution in [3.05, 3.63) is 55.7 Å². The second-order valence-corrected chi connectivity index (χ2v) is 7.38. The number of carbonyl (C=O) groups is 1. The lowest BCUT2D eigenvalue weighted by Crippen LogP contribution is -2.41. The van der Waals surface area contributed by atoms with Crippen LogP contribution in [-0.4, -0.2) is 28.3 Å². The van der Waals surface area contributed by atoms with Crippen molar-refractivity contribution in [1.29, 1.82) is 0 Å². The first kappa shape index (κ1) is 17.8. The van der Waals surface area contributed by atoms with Crippen LogP contribution in [0, 0.1) is 10.1 Å². The molecule has 1 saturated heterocycles. The molecule has 0 bridgehead atoms. The lowest BCUT2D eigenvalue weighted by Gasteiger charge is -2.29. The molecule has 2 atom stereocenters.